The Morgan fingerprint density at radius 2 is 1.66 bits per heavy atom. The molecule has 3 aromatic carbocycles. The van der Waals surface area contributed by atoms with Crippen LogP contribution < -0.4 is 15.4 Å². The van der Waals surface area contributed by atoms with Crippen LogP contribution in [0.2, 0.25) is 5.02 Å². The summed E-state index contributed by atoms with van der Waals surface area (Å²) in [5, 5.41) is 34.1. The Morgan fingerprint density at radius 3 is 2.38 bits per heavy atom. The Balaban J connectivity index is 1.12. The number of carbonyl (C=O) groups is 2. The van der Waals surface area contributed by atoms with Crippen molar-refractivity contribution >= 4 is 29.1 Å². The third kappa shape index (κ3) is 8.06. The molecule has 2 heterocycles. The largest absolute Gasteiger partial charge is 0.504 e. The number of carbonyl (C=O) groups excluding carboxylic acids is 2. The molecule has 1 atom stereocenters. The van der Waals surface area contributed by atoms with Crippen molar-refractivity contribution in [2.75, 3.05) is 46.6 Å². The Morgan fingerprint density at radius 1 is 0.936 bits per heavy atom. The van der Waals surface area contributed by atoms with Gasteiger partial charge >= 0.3 is 0 Å². The summed E-state index contributed by atoms with van der Waals surface area (Å²) < 4.78 is 18.5. The van der Waals surface area contributed by atoms with E-state index in [9.17, 15) is 19.8 Å². The molecule has 13 nitrogen and oxygen atoms in total. The van der Waals surface area contributed by atoms with Gasteiger partial charge in [-0.2, -0.15) is 0 Å². The highest BCUT2D eigenvalue weighted by atomic mass is 35.5. The summed E-state index contributed by atoms with van der Waals surface area (Å²) in [4.78, 5) is 30.3. The molecule has 0 spiro atoms. The van der Waals surface area contributed by atoms with Crippen LogP contribution in [0.1, 0.15) is 45.6 Å². The van der Waals surface area contributed by atoms with Gasteiger partial charge in [-0.1, -0.05) is 29.8 Å². The van der Waals surface area contributed by atoms with Crippen LogP contribution in [0.3, 0.4) is 0 Å². The maximum absolute atomic E-state index is 13.1. The molecule has 2 amide bonds. The normalized spacial score (nSPS) is 13.6. The standard InChI is InChI=1S/C33H35ClN6O7/c1-20-38-39-32-26(37-30(21-6-8-22(34)9-7-21)25-18-23(45-2)10-11-27(25)40(20)32)19-29(42)35-12-14-46-16-17-47-15-13-36-33(44)24-4-3-5-28(41)31(24)43/h3-11,18,26,41,43H,12-17,19H2,1-2H3,(H,35,42)(H,36,44)/t26-/m0/s1. The second kappa shape index (κ2) is 15.5. The summed E-state index contributed by atoms with van der Waals surface area (Å²) >= 11 is 6.17. The van der Waals surface area contributed by atoms with Crippen molar-refractivity contribution in [3.8, 4) is 22.9 Å². The third-order valence-corrected chi connectivity index (χ3v) is 7.61. The van der Waals surface area contributed by atoms with Crippen LogP contribution in [0, 0.1) is 6.92 Å². The lowest BCUT2D eigenvalue weighted by atomic mass is 10.00. The monoisotopic (exact) mass is 662 g/mol. The van der Waals surface area contributed by atoms with Gasteiger partial charge in [0.15, 0.2) is 17.3 Å². The lowest BCUT2D eigenvalue weighted by molar-refractivity contribution is -0.121. The number of nitrogens with one attached hydrogen (secondary N) is 2. The number of hydrogen-bond acceptors (Lipinski definition) is 10. The molecule has 5 rings (SSSR count). The number of halogens is 1. The van der Waals surface area contributed by atoms with Gasteiger partial charge < -0.3 is 35.1 Å². The average molecular weight is 663 g/mol. The van der Waals surface area contributed by atoms with E-state index in [-0.39, 0.29) is 56.6 Å². The molecule has 14 heteroatoms. The van der Waals surface area contributed by atoms with Crippen LogP contribution in [0.15, 0.2) is 65.7 Å². The summed E-state index contributed by atoms with van der Waals surface area (Å²) in [5.41, 5.74) is 3.13. The zero-order chi connectivity index (χ0) is 33.3. The van der Waals surface area contributed by atoms with Crippen LogP contribution in [-0.4, -0.2) is 89.1 Å². The number of ether oxygens (including phenoxy) is 3. The molecular formula is C33H35ClN6O7. The van der Waals surface area contributed by atoms with E-state index in [1.165, 1.54) is 18.2 Å². The maximum Gasteiger partial charge on any atom is 0.255 e. The minimum Gasteiger partial charge on any atom is -0.504 e. The number of aromatic nitrogens is 3. The zero-order valence-electron chi connectivity index (χ0n) is 25.9. The Bertz CT molecular complexity index is 1760. The predicted molar refractivity (Wildman–Crippen MR) is 174 cm³/mol. The Labute approximate surface area is 276 Å². The SMILES string of the molecule is COc1ccc2c(c1)C(c1ccc(Cl)cc1)=N[C@@H](CC(=O)NCCOCCOCCNC(=O)c1cccc(O)c1O)c1nnc(C)n1-2. The van der Waals surface area contributed by atoms with E-state index >= 15 is 0 Å². The highest BCUT2D eigenvalue weighted by Crippen LogP contribution is 2.34. The average Bonchev–Trinajstić information content (AvgIpc) is 3.39. The van der Waals surface area contributed by atoms with Gasteiger partial charge in [-0.3, -0.25) is 19.1 Å². The summed E-state index contributed by atoms with van der Waals surface area (Å²) in [5.74, 6) is 0.297. The fraction of sp³-hybridized carbons (Fsp3) is 0.303. The van der Waals surface area contributed by atoms with Crippen molar-refractivity contribution in [3.05, 3.63) is 94.0 Å². The highest BCUT2D eigenvalue weighted by molar-refractivity contribution is 6.30. The predicted octanol–water partition coefficient (Wildman–Crippen LogP) is 3.51. The van der Waals surface area contributed by atoms with Gasteiger partial charge in [0.25, 0.3) is 5.91 Å². The van der Waals surface area contributed by atoms with Gasteiger partial charge in [-0.15, -0.1) is 10.2 Å². The number of phenols is 2. The number of hydrogen-bond donors (Lipinski definition) is 4. The lowest BCUT2D eigenvalue weighted by Crippen LogP contribution is -2.29. The van der Waals surface area contributed by atoms with Gasteiger partial charge in [-0.25, -0.2) is 0 Å². The van der Waals surface area contributed by atoms with Crippen LogP contribution >= 0.6 is 11.6 Å². The summed E-state index contributed by atoms with van der Waals surface area (Å²) in [6.07, 6.45) is 0.0373. The van der Waals surface area contributed by atoms with Crippen molar-refractivity contribution in [1.82, 2.24) is 25.4 Å². The zero-order valence-corrected chi connectivity index (χ0v) is 26.7. The molecule has 0 radical (unpaired) electrons. The number of rotatable bonds is 14. The highest BCUT2D eigenvalue weighted by Gasteiger charge is 2.30. The molecule has 1 aliphatic rings. The lowest BCUT2D eigenvalue weighted by Gasteiger charge is -2.14. The van der Waals surface area contributed by atoms with Crippen molar-refractivity contribution in [1.29, 1.82) is 0 Å². The van der Waals surface area contributed by atoms with E-state index in [2.05, 4.69) is 20.8 Å². The maximum atomic E-state index is 13.1. The van der Waals surface area contributed by atoms with Gasteiger partial charge in [0, 0.05) is 29.2 Å². The summed E-state index contributed by atoms with van der Waals surface area (Å²) in [7, 11) is 1.60. The fourth-order valence-corrected chi connectivity index (χ4v) is 5.18. The smallest absolute Gasteiger partial charge is 0.255 e. The van der Waals surface area contributed by atoms with Crippen LogP contribution in [0.25, 0.3) is 5.69 Å². The number of phenolic OH excluding ortho intramolecular Hbond substituents is 2. The van der Waals surface area contributed by atoms with E-state index in [0.717, 1.165) is 16.8 Å². The first-order chi connectivity index (χ1) is 22.8. The Kier molecular flexibility index (Phi) is 11.0. The number of benzene rings is 3. The molecule has 1 aromatic heterocycles. The van der Waals surface area contributed by atoms with Crippen LogP contribution in [-0.2, 0) is 14.3 Å². The van der Waals surface area contributed by atoms with Gasteiger partial charge in [-0.05, 0) is 49.4 Å². The molecule has 0 aliphatic carbocycles. The molecule has 0 saturated heterocycles. The summed E-state index contributed by atoms with van der Waals surface area (Å²) in [6.45, 7) is 3.42. The Hall–Kier alpha value is -4.98. The number of aromatic hydroxyl groups is 2. The molecule has 47 heavy (non-hydrogen) atoms. The fourth-order valence-electron chi connectivity index (χ4n) is 5.06. The van der Waals surface area contributed by atoms with Gasteiger partial charge in [0.2, 0.25) is 5.91 Å². The molecule has 0 unspecified atom stereocenters. The number of nitrogens with zero attached hydrogens (tertiary/aromatic N) is 4. The van der Waals surface area contributed by atoms with E-state index in [1.807, 2.05) is 41.8 Å². The topological polar surface area (TPSA) is 169 Å². The molecule has 0 saturated carbocycles. The van der Waals surface area contributed by atoms with Crippen molar-refractivity contribution in [2.24, 2.45) is 4.99 Å². The summed E-state index contributed by atoms with van der Waals surface area (Å²) in [6, 6.07) is 16.6. The van der Waals surface area contributed by atoms with E-state index in [1.54, 1.807) is 19.2 Å². The number of para-hydroxylation sites is 1. The molecule has 0 bridgehead atoms. The number of amides is 2. The van der Waals surface area contributed by atoms with Crippen molar-refractivity contribution in [2.45, 2.75) is 19.4 Å². The quantitative estimate of drug-likeness (QED) is 0.117. The van der Waals surface area contributed by atoms with Gasteiger partial charge in [0.05, 0.1) is 56.9 Å². The number of aryl methyl sites for hydroxylation is 1. The molecule has 0 fully saturated rings. The van der Waals surface area contributed by atoms with Crippen LogP contribution in [0.5, 0.6) is 17.2 Å². The molecule has 1 aliphatic heterocycles. The van der Waals surface area contributed by atoms with Crippen LogP contribution in [0.4, 0.5) is 0 Å². The second-order valence-corrected chi connectivity index (χ2v) is 11.0. The van der Waals surface area contributed by atoms with Crippen molar-refractivity contribution < 1.29 is 34.0 Å². The molecule has 4 N–H and O–H groups in total. The molecular weight excluding hydrogens is 628 g/mol. The first-order valence-electron chi connectivity index (χ1n) is 14.9. The minimum atomic E-state index is -0.619. The first-order valence-corrected chi connectivity index (χ1v) is 15.3. The third-order valence-electron chi connectivity index (χ3n) is 7.36. The van der Waals surface area contributed by atoms with Crippen molar-refractivity contribution in [3.63, 3.8) is 0 Å². The number of aliphatic imine (C=N–C) groups is 1. The van der Waals surface area contributed by atoms with Gasteiger partial charge in [0.1, 0.15) is 17.6 Å². The number of fused-ring (bicyclic) bond motifs is 3. The second-order valence-electron chi connectivity index (χ2n) is 10.5. The molecule has 4 aromatic rings. The van der Waals surface area contributed by atoms with E-state index in [4.69, 9.17) is 30.8 Å². The van der Waals surface area contributed by atoms with E-state index < -0.39 is 17.7 Å². The molecule has 246 valence electrons. The first kappa shape index (κ1) is 33.4. The minimum absolute atomic E-state index is 0.0222. The number of methoxy groups -OCH3 is 1. The van der Waals surface area contributed by atoms with E-state index in [0.29, 0.717) is 34.7 Å².